The van der Waals surface area contributed by atoms with Gasteiger partial charge in [0.05, 0.1) is 0 Å². The smallest absolute Gasteiger partial charge is 0.0219 e. The molecule has 0 aliphatic rings. The second-order valence-corrected chi connectivity index (χ2v) is 7.10. The summed E-state index contributed by atoms with van der Waals surface area (Å²) in [4.78, 5) is 0. The molecule has 0 bridgehead atoms. The van der Waals surface area contributed by atoms with Crippen LogP contribution in [0.2, 0.25) is 0 Å². The van der Waals surface area contributed by atoms with Crippen LogP contribution in [-0.2, 0) is 6.42 Å². The van der Waals surface area contributed by atoms with Gasteiger partial charge in [-0.2, -0.15) is 0 Å². The van der Waals surface area contributed by atoms with Crippen LogP contribution in [0.25, 0.3) is 0 Å². The molecule has 0 saturated carbocycles. The van der Waals surface area contributed by atoms with Crippen LogP contribution in [0.1, 0.15) is 83.3 Å². The van der Waals surface area contributed by atoms with Crippen LogP contribution in [0.3, 0.4) is 0 Å². The lowest BCUT2D eigenvalue weighted by atomic mass is 9.95. The van der Waals surface area contributed by atoms with Crippen molar-refractivity contribution >= 4 is 0 Å². The Morgan fingerprint density at radius 1 is 0.952 bits per heavy atom. The number of allylic oxidation sites excluding steroid dienone is 1. The molecule has 1 aromatic carbocycles. The van der Waals surface area contributed by atoms with E-state index in [-0.39, 0.29) is 0 Å². The van der Waals surface area contributed by atoms with Gasteiger partial charge in [0.15, 0.2) is 0 Å². The summed E-state index contributed by atoms with van der Waals surface area (Å²) in [5.74, 6) is 1.51. The summed E-state index contributed by atoms with van der Waals surface area (Å²) in [6, 6.07) is 9.21. The number of aryl methyl sites for hydroxylation is 1. The van der Waals surface area contributed by atoms with Crippen molar-refractivity contribution in [3.63, 3.8) is 0 Å². The highest BCUT2D eigenvalue weighted by atomic mass is 14.1. The number of hydrogen-bond acceptors (Lipinski definition) is 0. The summed E-state index contributed by atoms with van der Waals surface area (Å²) in [6.07, 6.45) is 9.17. The maximum Gasteiger partial charge on any atom is -0.0219 e. The van der Waals surface area contributed by atoms with Crippen LogP contribution in [-0.4, -0.2) is 0 Å². The summed E-state index contributed by atoms with van der Waals surface area (Å²) >= 11 is 0. The van der Waals surface area contributed by atoms with Crippen LogP contribution in [0.15, 0.2) is 36.4 Å². The van der Waals surface area contributed by atoms with E-state index in [4.69, 9.17) is 0 Å². The molecule has 0 heterocycles. The molecule has 1 atom stereocenters. The van der Waals surface area contributed by atoms with Gasteiger partial charge in [-0.3, -0.25) is 0 Å². The molecule has 1 unspecified atom stereocenters. The third-order valence-corrected chi connectivity index (χ3v) is 4.36. The molecule has 0 aromatic heterocycles. The van der Waals surface area contributed by atoms with Crippen LogP contribution < -0.4 is 0 Å². The molecule has 0 saturated heterocycles. The standard InChI is InChI=1S/C21H34/c1-17(2)9-8-11-19(5)10-6-7-12-20-13-15-21(16-14-20)18(3)4/h13-16,18-19H,1,6-12H2,2-5H3. The Kier molecular flexibility index (Phi) is 8.42. The fraction of sp³-hybridized carbons (Fsp3) is 0.619. The van der Waals surface area contributed by atoms with E-state index in [2.05, 4.69) is 58.5 Å². The molecule has 0 aliphatic heterocycles. The van der Waals surface area contributed by atoms with E-state index in [0.29, 0.717) is 5.92 Å². The van der Waals surface area contributed by atoms with Gasteiger partial charge in [0.2, 0.25) is 0 Å². The Morgan fingerprint density at radius 3 is 2.14 bits per heavy atom. The van der Waals surface area contributed by atoms with Crippen molar-refractivity contribution in [2.45, 2.75) is 78.6 Å². The third kappa shape index (κ3) is 8.09. The minimum atomic E-state index is 0.638. The van der Waals surface area contributed by atoms with Gasteiger partial charge in [-0.25, -0.2) is 0 Å². The van der Waals surface area contributed by atoms with E-state index in [1.165, 1.54) is 61.6 Å². The molecule has 0 aliphatic carbocycles. The van der Waals surface area contributed by atoms with Crippen molar-refractivity contribution < 1.29 is 0 Å². The van der Waals surface area contributed by atoms with E-state index in [9.17, 15) is 0 Å². The average Bonchev–Trinajstić information content (AvgIpc) is 2.43. The minimum Gasteiger partial charge on any atom is -0.100 e. The van der Waals surface area contributed by atoms with Crippen molar-refractivity contribution in [2.75, 3.05) is 0 Å². The lowest BCUT2D eigenvalue weighted by Crippen LogP contribution is -1.96. The first-order chi connectivity index (χ1) is 9.99. The number of unbranched alkanes of at least 4 members (excludes halogenated alkanes) is 1. The SMILES string of the molecule is C=C(C)CCCC(C)CCCCc1ccc(C(C)C)cc1. The zero-order valence-electron chi connectivity index (χ0n) is 14.6. The Balaban J connectivity index is 2.14. The van der Waals surface area contributed by atoms with Crippen molar-refractivity contribution in [2.24, 2.45) is 5.92 Å². The van der Waals surface area contributed by atoms with Crippen molar-refractivity contribution in [1.29, 1.82) is 0 Å². The van der Waals surface area contributed by atoms with Crippen LogP contribution in [0.4, 0.5) is 0 Å². The fourth-order valence-electron chi connectivity index (χ4n) is 2.79. The van der Waals surface area contributed by atoms with Crippen molar-refractivity contribution in [3.05, 3.63) is 47.5 Å². The normalized spacial score (nSPS) is 12.6. The molecule has 1 rings (SSSR count). The largest absolute Gasteiger partial charge is 0.100 e. The summed E-state index contributed by atoms with van der Waals surface area (Å²) < 4.78 is 0. The van der Waals surface area contributed by atoms with Crippen molar-refractivity contribution in [3.8, 4) is 0 Å². The highest BCUT2D eigenvalue weighted by molar-refractivity contribution is 5.24. The zero-order chi connectivity index (χ0) is 15.7. The topological polar surface area (TPSA) is 0 Å². The van der Waals surface area contributed by atoms with E-state index < -0.39 is 0 Å². The van der Waals surface area contributed by atoms with Gasteiger partial charge in [0.1, 0.15) is 0 Å². The summed E-state index contributed by atoms with van der Waals surface area (Å²) in [5.41, 5.74) is 4.27. The molecule has 0 amide bonds. The summed E-state index contributed by atoms with van der Waals surface area (Å²) in [5, 5.41) is 0. The van der Waals surface area contributed by atoms with Crippen LogP contribution in [0.5, 0.6) is 0 Å². The molecule has 0 fully saturated rings. The van der Waals surface area contributed by atoms with Gasteiger partial charge in [-0.15, -0.1) is 6.58 Å². The first kappa shape index (κ1) is 18.0. The van der Waals surface area contributed by atoms with Gasteiger partial charge in [0.25, 0.3) is 0 Å². The third-order valence-electron chi connectivity index (χ3n) is 4.36. The average molecular weight is 287 g/mol. The molecule has 0 nitrogen and oxygen atoms in total. The first-order valence-electron chi connectivity index (χ1n) is 8.72. The Bertz CT molecular complexity index is 397. The molecule has 1 aromatic rings. The quantitative estimate of drug-likeness (QED) is 0.324. The van der Waals surface area contributed by atoms with Gasteiger partial charge >= 0.3 is 0 Å². The highest BCUT2D eigenvalue weighted by Gasteiger charge is 2.03. The first-order valence-corrected chi connectivity index (χ1v) is 8.72. The number of rotatable bonds is 10. The monoisotopic (exact) mass is 286 g/mol. The predicted molar refractivity (Wildman–Crippen MR) is 95.9 cm³/mol. The highest BCUT2D eigenvalue weighted by Crippen LogP contribution is 2.19. The molecule has 0 spiro atoms. The maximum absolute atomic E-state index is 3.98. The molecule has 0 heteroatoms. The summed E-state index contributed by atoms with van der Waals surface area (Å²) in [7, 11) is 0. The molecule has 0 radical (unpaired) electrons. The molecular weight excluding hydrogens is 252 g/mol. The maximum atomic E-state index is 3.98. The number of hydrogen-bond donors (Lipinski definition) is 0. The van der Waals surface area contributed by atoms with E-state index in [1.807, 2.05) is 0 Å². The Hall–Kier alpha value is -1.04. The van der Waals surface area contributed by atoms with E-state index in [0.717, 1.165) is 5.92 Å². The second kappa shape index (κ2) is 9.82. The summed E-state index contributed by atoms with van der Waals surface area (Å²) in [6.45, 7) is 13.0. The van der Waals surface area contributed by atoms with Crippen LogP contribution >= 0.6 is 0 Å². The lowest BCUT2D eigenvalue weighted by molar-refractivity contribution is 0.452. The van der Waals surface area contributed by atoms with E-state index in [1.54, 1.807) is 0 Å². The molecule has 118 valence electrons. The second-order valence-electron chi connectivity index (χ2n) is 7.10. The Labute approximate surface area is 132 Å². The minimum absolute atomic E-state index is 0.638. The van der Waals surface area contributed by atoms with E-state index >= 15 is 0 Å². The molecule has 21 heavy (non-hydrogen) atoms. The number of benzene rings is 1. The van der Waals surface area contributed by atoms with Crippen molar-refractivity contribution in [1.82, 2.24) is 0 Å². The van der Waals surface area contributed by atoms with Gasteiger partial charge < -0.3 is 0 Å². The van der Waals surface area contributed by atoms with Gasteiger partial charge in [-0.1, -0.05) is 69.9 Å². The fourth-order valence-corrected chi connectivity index (χ4v) is 2.79. The van der Waals surface area contributed by atoms with Crippen LogP contribution in [0, 0.1) is 5.92 Å². The molecule has 0 N–H and O–H groups in total. The zero-order valence-corrected chi connectivity index (χ0v) is 14.6. The predicted octanol–water partition coefficient (Wildman–Crippen LogP) is 6.91. The Morgan fingerprint density at radius 2 is 1.57 bits per heavy atom. The lowest BCUT2D eigenvalue weighted by Gasteiger charge is -2.11. The van der Waals surface area contributed by atoms with Gasteiger partial charge in [0, 0.05) is 0 Å². The van der Waals surface area contributed by atoms with Gasteiger partial charge in [-0.05, 0) is 55.6 Å². The molecular formula is C21H34.